The minimum atomic E-state index is -1.42. The largest absolute Gasteiger partial charge is 1.00 e. The zero-order chi connectivity index (χ0) is 21.8. The second-order valence-electron chi connectivity index (χ2n) is 6.81. The zero-order valence-corrected chi connectivity index (χ0v) is 20.0. The molecule has 0 saturated heterocycles. The van der Waals surface area contributed by atoms with Crippen LogP contribution in [0.25, 0.3) is 28.1 Å². The van der Waals surface area contributed by atoms with Crippen molar-refractivity contribution in [2.75, 3.05) is 5.32 Å². The number of carbonyl (C=O) groups is 2. The molecule has 32 heavy (non-hydrogen) atoms. The van der Waals surface area contributed by atoms with Crippen molar-refractivity contribution >= 4 is 46.1 Å². The first kappa shape index (κ1) is 23.7. The van der Waals surface area contributed by atoms with Gasteiger partial charge in [0, 0.05) is 33.8 Å². The summed E-state index contributed by atoms with van der Waals surface area (Å²) in [5.41, 5.74) is 3.63. The van der Waals surface area contributed by atoms with Crippen LogP contribution in [-0.2, 0) is 4.79 Å². The van der Waals surface area contributed by atoms with Crippen LogP contribution in [0.15, 0.2) is 85.1 Å². The summed E-state index contributed by atoms with van der Waals surface area (Å²) in [6.45, 7) is 0. The Morgan fingerprint density at radius 1 is 0.969 bits per heavy atom. The van der Waals surface area contributed by atoms with Crippen molar-refractivity contribution in [3.63, 3.8) is 0 Å². The molecule has 0 aliphatic rings. The van der Waals surface area contributed by atoms with Gasteiger partial charge < -0.3 is 15.2 Å². The number of pyridine rings is 1. The van der Waals surface area contributed by atoms with Gasteiger partial charge in [-0.3, -0.25) is 9.78 Å². The molecule has 1 aromatic heterocycles. The molecule has 0 saturated carbocycles. The number of hydrogen-bond donors (Lipinski definition) is 1. The number of aromatic nitrogens is 1. The van der Waals surface area contributed by atoms with Gasteiger partial charge in [-0.1, -0.05) is 54.1 Å². The van der Waals surface area contributed by atoms with Crippen molar-refractivity contribution in [1.29, 1.82) is 0 Å². The Hall–Kier alpha value is -2.96. The topological polar surface area (TPSA) is 82.1 Å². The van der Waals surface area contributed by atoms with Crippen molar-refractivity contribution < 1.29 is 44.3 Å². The summed E-state index contributed by atoms with van der Waals surface area (Å²) in [7, 11) is 0. The fourth-order valence-electron chi connectivity index (χ4n) is 3.29. The molecule has 0 fully saturated rings. The summed E-state index contributed by atoms with van der Waals surface area (Å²) in [6, 6.07) is 21.8. The maximum Gasteiger partial charge on any atom is 1.00 e. The number of amides is 1. The standard InChI is InChI=1S/C25H17ClN2O3.Na/c26-19-10-11-22(21(15-19)25(30)31)28-23(29)12-9-16-4-1-6-18(14-16)20-8-2-5-17-7-3-13-27-24(17)20;/h1-15H,(H,28,29)(H,30,31);/q;+1/p-1/b12-9+;. The predicted molar refractivity (Wildman–Crippen MR) is 121 cm³/mol. The van der Waals surface area contributed by atoms with E-state index in [9.17, 15) is 14.7 Å². The second kappa shape index (κ2) is 10.6. The number of para-hydroxylation sites is 1. The molecule has 5 nitrogen and oxygen atoms in total. The summed E-state index contributed by atoms with van der Waals surface area (Å²) in [4.78, 5) is 28.1. The summed E-state index contributed by atoms with van der Waals surface area (Å²) >= 11 is 5.82. The van der Waals surface area contributed by atoms with Crippen LogP contribution in [0, 0.1) is 0 Å². The van der Waals surface area contributed by atoms with Gasteiger partial charge in [-0.05, 0) is 47.5 Å². The molecular formula is C25H16ClN2NaO3. The number of halogens is 1. The number of anilines is 1. The number of carboxylic acids is 1. The summed E-state index contributed by atoms with van der Waals surface area (Å²) in [5.74, 6) is -1.89. The van der Waals surface area contributed by atoms with E-state index < -0.39 is 11.9 Å². The number of rotatable bonds is 5. The van der Waals surface area contributed by atoms with Gasteiger partial charge in [-0.15, -0.1) is 0 Å². The summed E-state index contributed by atoms with van der Waals surface area (Å²) in [6.07, 6.45) is 4.76. The Labute approximate surface area is 212 Å². The van der Waals surface area contributed by atoms with Crippen molar-refractivity contribution in [1.82, 2.24) is 4.98 Å². The minimum Gasteiger partial charge on any atom is -0.545 e. The normalized spacial score (nSPS) is 10.7. The van der Waals surface area contributed by atoms with E-state index in [1.807, 2.05) is 54.6 Å². The number of carbonyl (C=O) groups excluding carboxylic acids is 2. The smallest absolute Gasteiger partial charge is 0.545 e. The third-order valence-corrected chi connectivity index (χ3v) is 4.95. The van der Waals surface area contributed by atoms with Gasteiger partial charge in [0.25, 0.3) is 0 Å². The molecule has 0 radical (unpaired) electrons. The SMILES string of the molecule is O=C(/C=C/c1cccc(-c2cccc3cccnc23)c1)Nc1ccc(Cl)cc1C(=O)[O-].[Na+]. The van der Waals surface area contributed by atoms with Crippen LogP contribution in [0.5, 0.6) is 0 Å². The summed E-state index contributed by atoms with van der Waals surface area (Å²) < 4.78 is 0. The van der Waals surface area contributed by atoms with Crippen molar-refractivity contribution in [2.24, 2.45) is 0 Å². The molecule has 3 aromatic carbocycles. The van der Waals surface area contributed by atoms with Gasteiger partial charge in [0.2, 0.25) is 5.91 Å². The number of aromatic carboxylic acids is 1. The molecule has 4 rings (SSSR count). The first-order valence-electron chi connectivity index (χ1n) is 9.45. The van der Waals surface area contributed by atoms with Gasteiger partial charge in [0.1, 0.15) is 0 Å². The molecule has 1 N–H and O–H groups in total. The molecule has 0 unspecified atom stereocenters. The number of benzene rings is 3. The van der Waals surface area contributed by atoms with Crippen molar-refractivity contribution in [3.8, 4) is 11.1 Å². The Morgan fingerprint density at radius 2 is 1.75 bits per heavy atom. The van der Waals surface area contributed by atoms with Crippen LogP contribution in [0.1, 0.15) is 15.9 Å². The van der Waals surface area contributed by atoms with Crippen LogP contribution in [0.3, 0.4) is 0 Å². The third-order valence-electron chi connectivity index (χ3n) is 4.72. The van der Waals surface area contributed by atoms with Gasteiger partial charge in [-0.2, -0.15) is 0 Å². The van der Waals surface area contributed by atoms with Crippen molar-refractivity contribution in [3.05, 3.63) is 101 Å². The molecule has 0 spiro atoms. The molecule has 0 bridgehead atoms. The summed E-state index contributed by atoms with van der Waals surface area (Å²) in [5, 5.41) is 15.1. The monoisotopic (exact) mass is 450 g/mol. The molecule has 4 aromatic rings. The van der Waals surface area contributed by atoms with Gasteiger partial charge in [0.15, 0.2) is 0 Å². The van der Waals surface area contributed by atoms with Crippen LogP contribution in [-0.4, -0.2) is 16.9 Å². The zero-order valence-electron chi connectivity index (χ0n) is 17.2. The molecule has 1 amide bonds. The molecule has 1 heterocycles. The Morgan fingerprint density at radius 3 is 2.56 bits per heavy atom. The third kappa shape index (κ3) is 5.44. The van der Waals surface area contributed by atoms with E-state index in [1.165, 1.54) is 24.3 Å². The Kier molecular flexibility index (Phi) is 7.83. The molecule has 7 heteroatoms. The number of fused-ring (bicyclic) bond motifs is 1. The fraction of sp³-hybridized carbons (Fsp3) is 0. The van der Waals surface area contributed by atoms with Crippen LogP contribution in [0.2, 0.25) is 5.02 Å². The van der Waals surface area contributed by atoms with Crippen LogP contribution < -0.4 is 40.0 Å². The average molecular weight is 451 g/mol. The molecule has 0 aliphatic carbocycles. The molecule has 0 aliphatic heterocycles. The Balaban J connectivity index is 0.00000289. The predicted octanol–water partition coefficient (Wildman–Crippen LogP) is 1.57. The van der Waals surface area contributed by atoms with E-state index in [1.54, 1.807) is 12.3 Å². The number of hydrogen-bond acceptors (Lipinski definition) is 4. The fourth-order valence-corrected chi connectivity index (χ4v) is 3.46. The first-order valence-corrected chi connectivity index (χ1v) is 9.83. The number of carboxylic acid groups (broad SMARTS) is 1. The van der Waals surface area contributed by atoms with E-state index >= 15 is 0 Å². The van der Waals surface area contributed by atoms with Crippen LogP contribution in [0.4, 0.5) is 5.69 Å². The molecule has 0 atom stereocenters. The van der Waals surface area contributed by atoms with Gasteiger partial charge in [0.05, 0.1) is 17.2 Å². The Bertz CT molecular complexity index is 1330. The first-order chi connectivity index (χ1) is 15.0. The van der Waals surface area contributed by atoms with E-state index in [0.29, 0.717) is 0 Å². The van der Waals surface area contributed by atoms with E-state index in [-0.39, 0.29) is 45.8 Å². The van der Waals surface area contributed by atoms with E-state index in [4.69, 9.17) is 11.6 Å². The average Bonchev–Trinajstić information content (AvgIpc) is 2.78. The van der Waals surface area contributed by atoms with Crippen molar-refractivity contribution in [2.45, 2.75) is 0 Å². The molecule has 152 valence electrons. The number of nitrogens with zero attached hydrogens (tertiary/aromatic N) is 1. The maximum absolute atomic E-state index is 12.3. The maximum atomic E-state index is 12.3. The quantitative estimate of drug-likeness (QED) is 0.370. The van der Waals surface area contributed by atoms with Crippen LogP contribution >= 0.6 is 11.6 Å². The van der Waals surface area contributed by atoms with Gasteiger partial charge >= 0.3 is 29.6 Å². The second-order valence-corrected chi connectivity index (χ2v) is 7.24. The van der Waals surface area contributed by atoms with Gasteiger partial charge in [-0.25, -0.2) is 0 Å². The number of nitrogens with one attached hydrogen (secondary N) is 1. The molecular weight excluding hydrogens is 435 g/mol. The minimum absolute atomic E-state index is 0. The van der Waals surface area contributed by atoms with E-state index in [2.05, 4.69) is 10.3 Å². The van der Waals surface area contributed by atoms with E-state index in [0.717, 1.165) is 27.6 Å².